The summed E-state index contributed by atoms with van der Waals surface area (Å²) in [4.78, 5) is 21.3. The van der Waals surface area contributed by atoms with E-state index in [1.807, 2.05) is 54.3 Å². The van der Waals surface area contributed by atoms with Crippen molar-refractivity contribution >= 4 is 22.6 Å². The van der Waals surface area contributed by atoms with E-state index in [4.69, 9.17) is 9.72 Å². The van der Waals surface area contributed by atoms with Crippen LogP contribution in [0.3, 0.4) is 0 Å². The second kappa shape index (κ2) is 7.66. The van der Waals surface area contributed by atoms with E-state index in [0.29, 0.717) is 13.1 Å². The van der Waals surface area contributed by atoms with E-state index in [9.17, 15) is 4.79 Å². The number of rotatable bonds is 4. The Morgan fingerprint density at radius 3 is 2.52 bits per heavy atom. The quantitative estimate of drug-likeness (QED) is 0.715. The number of amides is 1. The van der Waals surface area contributed by atoms with Crippen molar-refractivity contribution in [3.8, 4) is 5.75 Å². The molecular formula is C22H23N3O2. The van der Waals surface area contributed by atoms with Crippen molar-refractivity contribution in [2.45, 2.75) is 6.92 Å². The molecule has 27 heavy (non-hydrogen) atoms. The number of aromatic nitrogens is 1. The van der Waals surface area contributed by atoms with E-state index >= 15 is 0 Å². The van der Waals surface area contributed by atoms with Gasteiger partial charge < -0.3 is 14.5 Å². The van der Waals surface area contributed by atoms with Gasteiger partial charge in [0, 0.05) is 31.6 Å². The molecule has 4 rings (SSSR count). The molecule has 0 spiro atoms. The molecule has 1 amide bonds. The monoisotopic (exact) mass is 361 g/mol. The summed E-state index contributed by atoms with van der Waals surface area (Å²) in [7, 11) is 0. The van der Waals surface area contributed by atoms with Gasteiger partial charge in [-0.2, -0.15) is 0 Å². The third kappa shape index (κ3) is 3.87. The van der Waals surface area contributed by atoms with Gasteiger partial charge in [0.1, 0.15) is 11.6 Å². The van der Waals surface area contributed by atoms with Crippen molar-refractivity contribution in [2.75, 3.05) is 37.7 Å². The Kier molecular flexibility index (Phi) is 4.92. The van der Waals surface area contributed by atoms with Crippen LogP contribution in [0.5, 0.6) is 5.75 Å². The molecule has 5 nitrogen and oxygen atoms in total. The third-order valence-corrected chi connectivity index (χ3v) is 4.98. The molecule has 0 saturated carbocycles. The molecule has 3 aromatic rings. The molecule has 1 aromatic heterocycles. The number of carbonyl (C=O) groups excluding carboxylic acids is 1. The predicted molar refractivity (Wildman–Crippen MR) is 107 cm³/mol. The maximum atomic E-state index is 12.5. The van der Waals surface area contributed by atoms with E-state index in [2.05, 4.69) is 23.1 Å². The first-order valence-corrected chi connectivity index (χ1v) is 9.28. The van der Waals surface area contributed by atoms with Crippen molar-refractivity contribution < 1.29 is 9.53 Å². The van der Waals surface area contributed by atoms with E-state index in [1.54, 1.807) is 0 Å². The fourth-order valence-corrected chi connectivity index (χ4v) is 3.37. The number of para-hydroxylation sites is 2. The first-order valence-electron chi connectivity index (χ1n) is 9.28. The lowest BCUT2D eigenvalue weighted by Gasteiger charge is -2.35. The molecule has 2 heterocycles. The molecule has 1 aliphatic rings. The van der Waals surface area contributed by atoms with Gasteiger partial charge in [-0.3, -0.25) is 4.79 Å². The van der Waals surface area contributed by atoms with Gasteiger partial charge >= 0.3 is 0 Å². The summed E-state index contributed by atoms with van der Waals surface area (Å²) in [5.41, 5.74) is 2.04. The Bertz CT molecular complexity index is 949. The number of aryl methyl sites for hydroxylation is 1. The minimum Gasteiger partial charge on any atom is -0.484 e. The average Bonchev–Trinajstić information content (AvgIpc) is 2.73. The summed E-state index contributed by atoms with van der Waals surface area (Å²) in [6, 6.07) is 20.0. The van der Waals surface area contributed by atoms with Crippen molar-refractivity contribution in [2.24, 2.45) is 0 Å². The Morgan fingerprint density at radius 1 is 0.963 bits per heavy atom. The van der Waals surface area contributed by atoms with Gasteiger partial charge in [-0.15, -0.1) is 0 Å². The molecule has 138 valence electrons. The number of hydrogen-bond acceptors (Lipinski definition) is 4. The summed E-state index contributed by atoms with van der Waals surface area (Å²) >= 11 is 0. The molecule has 0 bridgehead atoms. The molecule has 2 aromatic carbocycles. The van der Waals surface area contributed by atoms with Crippen LogP contribution >= 0.6 is 0 Å². The number of piperazine rings is 1. The SMILES string of the molecule is Cc1ccccc1OCC(=O)N1CCN(c2ccc3ccccc3n2)CC1. The summed E-state index contributed by atoms with van der Waals surface area (Å²) in [6.45, 7) is 4.99. The lowest BCUT2D eigenvalue weighted by Crippen LogP contribution is -2.50. The van der Waals surface area contributed by atoms with Crippen LogP contribution in [-0.4, -0.2) is 48.6 Å². The van der Waals surface area contributed by atoms with Crippen molar-refractivity contribution in [1.29, 1.82) is 0 Å². The van der Waals surface area contributed by atoms with Gasteiger partial charge in [-0.1, -0.05) is 36.4 Å². The standard InChI is InChI=1S/C22H23N3O2/c1-17-6-2-5-9-20(17)27-16-22(26)25-14-12-24(13-15-25)21-11-10-18-7-3-4-8-19(18)23-21/h2-11H,12-16H2,1H3. The number of anilines is 1. The highest BCUT2D eigenvalue weighted by molar-refractivity contribution is 5.80. The molecule has 5 heteroatoms. The summed E-state index contributed by atoms with van der Waals surface area (Å²) < 4.78 is 5.69. The smallest absolute Gasteiger partial charge is 0.260 e. The zero-order chi connectivity index (χ0) is 18.6. The van der Waals surface area contributed by atoms with Gasteiger partial charge in [-0.25, -0.2) is 4.98 Å². The zero-order valence-electron chi connectivity index (χ0n) is 15.5. The van der Waals surface area contributed by atoms with Crippen LogP contribution < -0.4 is 9.64 Å². The van der Waals surface area contributed by atoms with E-state index in [-0.39, 0.29) is 12.5 Å². The fraction of sp³-hybridized carbons (Fsp3) is 0.273. The first-order chi connectivity index (χ1) is 13.2. The van der Waals surface area contributed by atoms with Crippen LogP contribution in [0.4, 0.5) is 5.82 Å². The zero-order valence-corrected chi connectivity index (χ0v) is 15.5. The van der Waals surface area contributed by atoms with Crippen LogP contribution in [0, 0.1) is 6.92 Å². The lowest BCUT2D eigenvalue weighted by atomic mass is 10.2. The average molecular weight is 361 g/mol. The summed E-state index contributed by atoms with van der Waals surface area (Å²) in [6.07, 6.45) is 0. The number of ether oxygens (including phenoxy) is 1. The van der Waals surface area contributed by atoms with Crippen LogP contribution in [0.15, 0.2) is 60.7 Å². The molecule has 0 N–H and O–H groups in total. The van der Waals surface area contributed by atoms with E-state index in [1.165, 1.54) is 0 Å². The number of benzene rings is 2. The predicted octanol–water partition coefficient (Wildman–Crippen LogP) is 3.27. The molecule has 0 unspecified atom stereocenters. The Labute approximate surface area is 159 Å². The number of hydrogen-bond donors (Lipinski definition) is 0. The topological polar surface area (TPSA) is 45.7 Å². The molecule has 0 aliphatic carbocycles. The van der Waals surface area contributed by atoms with Crippen LogP contribution in [0.25, 0.3) is 10.9 Å². The molecule has 1 fully saturated rings. The van der Waals surface area contributed by atoms with Crippen molar-refractivity contribution in [3.63, 3.8) is 0 Å². The minimum absolute atomic E-state index is 0.0318. The molecule has 0 radical (unpaired) electrons. The van der Waals surface area contributed by atoms with Crippen LogP contribution in [0.2, 0.25) is 0 Å². The highest BCUT2D eigenvalue weighted by Crippen LogP contribution is 2.20. The maximum Gasteiger partial charge on any atom is 0.260 e. The highest BCUT2D eigenvalue weighted by atomic mass is 16.5. The van der Waals surface area contributed by atoms with E-state index in [0.717, 1.165) is 41.1 Å². The van der Waals surface area contributed by atoms with Gasteiger partial charge in [0.15, 0.2) is 6.61 Å². The first kappa shape index (κ1) is 17.3. The molecule has 1 aliphatic heterocycles. The fourth-order valence-electron chi connectivity index (χ4n) is 3.37. The third-order valence-electron chi connectivity index (χ3n) is 4.98. The molecule has 1 saturated heterocycles. The van der Waals surface area contributed by atoms with Crippen molar-refractivity contribution in [1.82, 2.24) is 9.88 Å². The number of fused-ring (bicyclic) bond motifs is 1. The Morgan fingerprint density at radius 2 is 1.70 bits per heavy atom. The van der Waals surface area contributed by atoms with E-state index < -0.39 is 0 Å². The minimum atomic E-state index is 0.0318. The summed E-state index contributed by atoms with van der Waals surface area (Å²) in [5.74, 6) is 1.77. The number of nitrogens with zero attached hydrogens (tertiary/aromatic N) is 3. The Hall–Kier alpha value is -3.08. The number of pyridine rings is 1. The second-order valence-corrected chi connectivity index (χ2v) is 6.78. The molecular weight excluding hydrogens is 338 g/mol. The second-order valence-electron chi connectivity index (χ2n) is 6.78. The van der Waals surface area contributed by atoms with Gasteiger partial charge in [0.05, 0.1) is 5.52 Å². The molecule has 0 atom stereocenters. The van der Waals surface area contributed by atoms with Crippen LogP contribution in [-0.2, 0) is 4.79 Å². The Balaban J connectivity index is 1.34. The highest BCUT2D eigenvalue weighted by Gasteiger charge is 2.22. The maximum absolute atomic E-state index is 12.5. The van der Waals surface area contributed by atoms with Gasteiger partial charge in [0.25, 0.3) is 5.91 Å². The van der Waals surface area contributed by atoms with Crippen LogP contribution in [0.1, 0.15) is 5.56 Å². The van der Waals surface area contributed by atoms with Crippen molar-refractivity contribution in [3.05, 3.63) is 66.2 Å². The summed E-state index contributed by atoms with van der Waals surface area (Å²) in [5, 5.41) is 1.14. The lowest BCUT2D eigenvalue weighted by molar-refractivity contribution is -0.133. The largest absolute Gasteiger partial charge is 0.484 e. The van der Waals surface area contributed by atoms with Gasteiger partial charge in [0.2, 0.25) is 0 Å². The number of carbonyl (C=O) groups is 1. The normalized spacial score (nSPS) is 14.4. The van der Waals surface area contributed by atoms with Gasteiger partial charge in [-0.05, 0) is 36.8 Å².